The number of rotatable bonds is 0. The van der Waals surface area contributed by atoms with Gasteiger partial charge in [0, 0.05) is 31.3 Å². The van der Waals surface area contributed by atoms with Crippen molar-refractivity contribution in [3.8, 4) is 0 Å². The Kier molecular flexibility index (Phi) is 3.56. The summed E-state index contributed by atoms with van der Waals surface area (Å²) >= 11 is 0. The van der Waals surface area contributed by atoms with Crippen molar-refractivity contribution in [2.45, 2.75) is 57.2 Å². The number of likely N-dealkylation sites (tertiary alicyclic amines) is 1. The molecule has 0 radical (unpaired) electrons. The smallest absolute Gasteiger partial charge is 0.317 e. The first kappa shape index (κ1) is 13.6. The minimum atomic E-state index is -0.188. The minimum absolute atomic E-state index is 0.0175. The van der Waals surface area contributed by atoms with Gasteiger partial charge in [0.05, 0.1) is 5.60 Å². The van der Waals surface area contributed by atoms with E-state index in [-0.39, 0.29) is 23.2 Å². The Balaban J connectivity index is 1.89. The van der Waals surface area contributed by atoms with Crippen LogP contribution in [0.15, 0.2) is 0 Å². The molecule has 0 aromatic rings. The van der Waals surface area contributed by atoms with Crippen molar-refractivity contribution < 1.29 is 9.53 Å². The number of nitrogens with one attached hydrogen (secondary N) is 1. The van der Waals surface area contributed by atoms with Gasteiger partial charge in [0.25, 0.3) is 0 Å². The first-order valence-electron chi connectivity index (χ1n) is 6.79. The molecular weight excluding hydrogens is 230 g/mol. The van der Waals surface area contributed by atoms with E-state index in [0.29, 0.717) is 0 Å². The van der Waals surface area contributed by atoms with Crippen LogP contribution in [0.25, 0.3) is 0 Å². The Morgan fingerprint density at radius 3 is 2.44 bits per heavy atom. The highest BCUT2D eigenvalue weighted by Crippen LogP contribution is 2.34. The number of hydrogen-bond donors (Lipinski definition) is 2. The maximum absolute atomic E-state index is 12.0. The second-order valence-electron chi connectivity index (χ2n) is 6.48. The van der Waals surface area contributed by atoms with Gasteiger partial charge in [-0.1, -0.05) is 0 Å². The molecule has 3 N–H and O–H groups in total. The van der Waals surface area contributed by atoms with E-state index in [9.17, 15) is 4.79 Å². The molecule has 0 bridgehead atoms. The fourth-order valence-electron chi connectivity index (χ4n) is 2.76. The molecule has 0 aromatic carbocycles. The molecule has 0 aromatic heterocycles. The molecule has 2 saturated heterocycles. The lowest BCUT2D eigenvalue weighted by Gasteiger charge is -2.41. The van der Waals surface area contributed by atoms with Crippen LogP contribution < -0.4 is 11.1 Å². The maximum Gasteiger partial charge on any atom is 0.317 e. The standard InChI is InChI=1S/C13H25N3O2/c1-12(2,3)15-11(17)16-7-5-13(6-8-16)10(14)4-9-18-13/h10H,4-9,14H2,1-3H3,(H,15,17). The number of carbonyl (C=O) groups excluding carboxylic acids is 1. The molecule has 2 fully saturated rings. The van der Waals surface area contributed by atoms with Crippen molar-refractivity contribution in [2.24, 2.45) is 5.73 Å². The molecule has 2 heterocycles. The van der Waals surface area contributed by atoms with Crippen molar-refractivity contribution in [2.75, 3.05) is 19.7 Å². The van der Waals surface area contributed by atoms with Gasteiger partial charge in [0.15, 0.2) is 0 Å². The number of amides is 2. The quantitative estimate of drug-likeness (QED) is 0.680. The SMILES string of the molecule is CC(C)(C)NC(=O)N1CCC2(CC1)OCCC2N. The van der Waals surface area contributed by atoms with E-state index >= 15 is 0 Å². The second kappa shape index (κ2) is 4.70. The topological polar surface area (TPSA) is 67.6 Å². The lowest BCUT2D eigenvalue weighted by Crippen LogP contribution is -2.57. The number of urea groups is 1. The maximum atomic E-state index is 12.0. The molecule has 1 spiro atoms. The van der Waals surface area contributed by atoms with E-state index in [2.05, 4.69) is 5.32 Å². The zero-order valence-electron chi connectivity index (χ0n) is 11.7. The van der Waals surface area contributed by atoms with Gasteiger partial charge in [0.1, 0.15) is 0 Å². The van der Waals surface area contributed by atoms with Crippen LogP contribution in [0.1, 0.15) is 40.0 Å². The minimum Gasteiger partial charge on any atom is -0.373 e. The molecule has 1 atom stereocenters. The van der Waals surface area contributed by atoms with E-state index in [1.807, 2.05) is 25.7 Å². The summed E-state index contributed by atoms with van der Waals surface area (Å²) in [5.41, 5.74) is 5.77. The van der Waals surface area contributed by atoms with Crippen LogP contribution in [0.3, 0.4) is 0 Å². The Bertz CT molecular complexity index is 317. The number of nitrogens with two attached hydrogens (primary N) is 1. The number of piperidine rings is 1. The molecule has 5 heteroatoms. The molecule has 2 rings (SSSR count). The molecule has 2 amide bonds. The van der Waals surface area contributed by atoms with Crippen molar-refractivity contribution >= 4 is 6.03 Å². The fourth-order valence-corrected chi connectivity index (χ4v) is 2.76. The number of carbonyl (C=O) groups is 1. The van der Waals surface area contributed by atoms with Crippen LogP contribution in [-0.2, 0) is 4.74 Å². The highest BCUT2D eigenvalue weighted by Gasteiger charge is 2.45. The average Bonchev–Trinajstić information content (AvgIpc) is 2.59. The third kappa shape index (κ3) is 2.78. The second-order valence-corrected chi connectivity index (χ2v) is 6.48. The highest BCUT2D eigenvalue weighted by molar-refractivity contribution is 5.75. The van der Waals surface area contributed by atoms with Crippen LogP contribution in [0.5, 0.6) is 0 Å². The lowest BCUT2D eigenvalue weighted by molar-refractivity contribution is -0.0441. The van der Waals surface area contributed by atoms with E-state index < -0.39 is 0 Å². The molecule has 2 aliphatic rings. The predicted octanol–water partition coefficient (Wildman–Crippen LogP) is 1.08. The number of nitrogens with zero attached hydrogens (tertiary/aromatic N) is 1. The normalized spacial score (nSPS) is 27.6. The van der Waals surface area contributed by atoms with E-state index in [0.717, 1.165) is 39.0 Å². The van der Waals surface area contributed by atoms with Gasteiger partial charge in [0.2, 0.25) is 0 Å². The summed E-state index contributed by atoms with van der Waals surface area (Å²) in [6.07, 6.45) is 2.64. The van der Waals surface area contributed by atoms with Crippen LogP contribution in [0.2, 0.25) is 0 Å². The van der Waals surface area contributed by atoms with Crippen molar-refractivity contribution in [3.63, 3.8) is 0 Å². The Hall–Kier alpha value is -0.810. The van der Waals surface area contributed by atoms with Gasteiger partial charge >= 0.3 is 6.03 Å². The fraction of sp³-hybridized carbons (Fsp3) is 0.923. The summed E-state index contributed by atoms with van der Waals surface area (Å²) < 4.78 is 5.84. The Labute approximate surface area is 109 Å². The Morgan fingerprint density at radius 2 is 2.00 bits per heavy atom. The summed E-state index contributed by atoms with van der Waals surface area (Å²) in [7, 11) is 0. The van der Waals surface area contributed by atoms with E-state index in [1.54, 1.807) is 0 Å². The van der Waals surface area contributed by atoms with Crippen LogP contribution >= 0.6 is 0 Å². The predicted molar refractivity (Wildman–Crippen MR) is 70.4 cm³/mol. The van der Waals surface area contributed by atoms with Gasteiger partial charge in [-0.2, -0.15) is 0 Å². The van der Waals surface area contributed by atoms with E-state index in [4.69, 9.17) is 10.5 Å². The molecule has 5 nitrogen and oxygen atoms in total. The van der Waals surface area contributed by atoms with Crippen molar-refractivity contribution in [3.05, 3.63) is 0 Å². The average molecular weight is 255 g/mol. The van der Waals surface area contributed by atoms with Gasteiger partial charge in [-0.05, 0) is 40.0 Å². The summed E-state index contributed by atoms with van der Waals surface area (Å²) in [5.74, 6) is 0. The van der Waals surface area contributed by atoms with Crippen LogP contribution in [0, 0.1) is 0 Å². The lowest BCUT2D eigenvalue weighted by atomic mass is 9.85. The monoisotopic (exact) mass is 255 g/mol. The molecular formula is C13H25N3O2. The van der Waals surface area contributed by atoms with Gasteiger partial charge in [-0.25, -0.2) is 4.79 Å². The first-order chi connectivity index (χ1) is 8.32. The van der Waals surface area contributed by atoms with Gasteiger partial charge in [-0.3, -0.25) is 0 Å². The van der Waals surface area contributed by atoms with Crippen molar-refractivity contribution in [1.82, 2.24) is 10.2 Å². The Morgan fingerprint density at radius 1 is 1.39 bits per heavy atom. The summed E-state index contributed by atoms with van der Waals surface area (Å²) in [6.45, 7) is 8.20. The highest BCUT2D eigenvalue weighted by atomic mass is 16.5. The molecule has 0 saturated carbocycles. The zero-order chi connectivity index (χ0) is 13.4. The van der Waals surface area contributed by atoms with Gasteiger partial charge in [-0.15, -0.1) is 0 Å². The molecule has 0 aliphatic carbocycles. The van der Waals surface area contributed by atoms with Gasteiger partial charge < -0.3 is 20.7 Å². The number of ether oxygens (including phenoxy) is 1. The van der Waals surface area contributed by atoms with E-state index in [1.165, 1.54) is 0 Å². The molecule has 18 heavy (non-hydrogen) atoms. The first-order valence-corrected chi connectivity index (χ1v) is 6.79. The summed E-state index contributed by atoms with van der Waals surface area (Å²) in [5, 5.41) is 2.99. The molecule has 2 aliphatic heterocycles. The largest absolute Gasteiger partial charge is 0.373 e. The number of hydrogen-bond acceptors (Lipinski definition) is 3. The molecule has 104 valence electrons. The van der Waals surface area contributed by atoms with Crippen LogP contribution in [0.4, 0.5) is 4.79 Å². The summed E-state index contributed by atoms with van der Waals surface area (Å²) in [4.78, 5) is 13.9. The molecule has 1 unspecified atom stereocenters. The third-order valence-corrected chi connectivity index (χ3v) is 3.87. The summed E-state index contributed by atoms with van der Waals surface area (Å²) in [6, 6.07) is 0.147. The zero-order valence-corrected chi connectivity index (χ0v) is 11.7. The van der Waals surface area contributed by atoms with Crippen molar-refractivity contribution in [1.29, 1.82) is 0 Å². The van der Waals surface area contributed by atoms with Crippen LogP contribution in [-0.4, -0.2) is 47.8 Å². The third-order valence-electron chi connectivity index (χ3n) is 3.87.